The molecule has 0 radical (unpaired) electrons. The van der Waals surface area contributed by atoms with Crippen LogP contribution >= 0.6 is 67.8 Å². The van der Waals surface area contributed by atoms with Crippen LogP contribution in [0, 0.1) is 22.5 Å². The van der Waals surface area contributed by atoms with Gasteiger partial charge in [-0.05, 0) is 111 Å². The molecule has 0 saturated heterocycles. The van der Waals surface area contributed by atoms with Gasteiger partial charge in [-0.15, -0.1) is 0 Å². The Hall–Kier alpha value is 0.120. The molecule has 3 rings (SSSR count). The zero-order valence-electron chi connectivity index (χ0n) is 14.3. The summed E-state index contributed by atoms with van der Waals surface area (Å²) in [6.07, 6.45) is -0.334. The second-order valence-corrected chi connectivity index (χ2v) is 11.8. The third-order valence-corrected chi connectivity index (χ3v) is 9.50. The molecule has 2 saturated carbocycles. The van der Waals surface area contributed by atoms with Crippen molar-refractivity contribution < 1.29 is 40.8 Å². The minimum absolute atomic E-state index is 0.177. The molecule has 0 spiro atoms. The molecule has 7 nitrogen and oxygen atoms in total. The maximum Gasteiger partial charge on any atom is 0.465 e. The summed E-state index contributed by atoms with van der Waals surface area (Å²) in [7, 11) is -5.90. The zero-order chi connectivity index (χ0) is 21.7. The molecule has 2 bridgehead atoms. The van der Waals surface area contributed by atoms with Gasteiger partial charge in [0.15, 0.2) is 0 Å². The number of hydrogen-bond donors (Lipinski definition) is 1. The number of alkyl halides is 2. The van der Waals surface area contributed by atoms with Crippen molar-refractivity contribution in [3.63, 3.8) is 0 Å². The molecule has 0 aliphatic heterocycles. The first-order valence-electron chi connectivity index (χ1n) is 8.22. The van der Waals surface area contributed by atoms with Gasteiger partial charge in [0, 0.05) is 10.7 Å². The number of hydrogen-bond acceptors (Lipinski definition) is 6. The minimum atomic E-state index is -5.90. The van der Waals surface area contributed by atoms with Crippen molar-refractivity contribution in [2.24, 2.45) is 11.8 Å². The topological polar surface area (TPSA) is 107 Å². The molecule has 4 atom stereocenters. The van der Waals surface area contributed by atoms with Gasteiger partial charge in [0.05, 0.1) is 5.56 Å². The molecule has 2 fully saturated rings. The molecule has 1 N–H and O–H groups in total. The van der Waals surface area contributed by atoms with E-state index in [4.69, 9.17) is 9.29 Å². The predicted molar refractivity (Wildman–Crippen MR) is 121 cm³/mol. The van der Waals surface area contributed by atoms with E-state index < -0.39 is 39.5 Å². The Labute approximate surface area is 205 Å². The van der Waals surface area contributed by atoms with Crippen LogP contribution in [0.25, 0.3) is 0 Å². The summed E-state index contributed by atoms with van der Waals surface area (Å²) < 4.78 is 69.4. The van der Waals surface area contributed by atoms with Crippen LogP contribution in [0.4, 0.5) is 8.78 Å². The number of carbonyl (C=O) groups excluding carboxylic acids is 2. The number of halogens is 5. The number of ether oxygens (including phenoxy) is 2. The summed E-state index contributed by atoms with van der Waals surface area (Å²) in [5.74, 6) is -3.28. The predicted octanol–water partition coefficient (Wildman–Crippen LogP) is 3.85. The lowest BCUT2D eigenvalue weighted by atomic mass is 9.95. The fourth-order valence-electron chi connectivity index (χ4n) is 3.68. The standard InChI is InChI=1S/C16H13F2I3O7S/c17-16(18,29(24,25)26)15(23)28-12-3-6-1-7(12)2-11(6)27-14(22)9-4-8(19)5-10(20)13(9)21/h4-7,11-12H,1-3H2,(H,24,25,26). The second-order valence-electron chi connectivity index (χ2n) is 6.86. The van der Waals surface area contributed by atoms with Crippen LogP contribution in [0.2, 0.25) is 0 Å². The van der Waals surface area contributed by atoms with Crippen LogP contribution in [0.3, 0.4) is 0 Å². The number of carbonyl (C=O) groups is 2. The summed E-state index contributed by atoms with van der Waals surface area (Å²) in [6.45, 7) is 0. The first-order valence-corrected chi connectivity index (χ1v) is 12.9. The van der Waals surface area contributed by atoms with E-state index in [1.165, 1.54) is 0 Å². The van der Waals surface area contributed by atoms with Gasteiger partial charge >= 0.3 is 27.3 Å². The summed E-state index contributed by atoms with van der Waals surface area (Å²) in [5.41, 5.74) is 0.445. The monoisotopic (exact) mass is 768 g/mol. The van der Waals surface area contributed by atoms with E-state index in [1.807, 2.05) is 6.07 Å². The summed E-state index contributed by atoms with van der Waals surface area (Å²) >= 11 is 6.30. The molecule has 2 aliphatic carbocycles. The van der Waals surface area contributed by atoms with Gasteiger partial charge in [-0.2, -0.15) is 17.2 Å². The maximum atomic E-state index is 13.4. The molecule has 0 heterocycles. The van der Waals surface area contributed by atoms with Gasteiger partial charge in [-0.25, -0.2) is 9.59 Å². The number of rotatable bonds is 5. The van der Waals surface area contributed by atoms with Gasteiger partial charge in [0.25, 0.3) is 0 Å². The highest BCUT2D eigenvalue weighted by molar-refractivity contribution is 14.1. The molecule has 0 aromatic heterocycles. The number of benzene rings is 1. The van der Waals surface area contributed by atoms with Crippen molar-refractivity contribution in [2.45, 2.75) is 36.7 Å². The van der Waals surface area contributed by atoms with Gasteiger partial charge in [-0.1, -0.05) is 0 Å². The first kappa shape index (κ1) is 23.8. The fourth-order valence-corrected chi connectivity index (χ4v) is 6.31. The molecule has 2 aliphatic rings. The van der Waals surface area contributed by atoms with E-state index in [2.05, 4.69) is 72.5 Å². The molecular weight excluding hydrogens is 755 g/mol. The van der Waals surface area contributed by atoms with Crippen LogP contribution in [0.5, 0.6) is 0 Å². The van der Waals surface area contributed by atoms with Crippen molar-refractivity contribution in [3.05, 3.63) is 28.4 Å². The summed E-state index contributed by atoms with van der Waals surface area (Å²) in [5, 5.41) is -5.01. The third-order valence-electron chi connectivity index (χ3n) is 5.02. The van der Waals surface area contributed by atoms with Gasteiger partial charge in [0.1, 0.15) is 12.2 Å². The second kappa shape index (κ2) is 8.57. The van der Waals surface area contributed by atoms with Gasteiger partial charge in [0.2, 0.25) is 0 Å². The highest BCUT2D eigenvalue weighted by Gasteiger charge is 2.57. The quantitative estimate of drug-likeness (QED) is 0.210. The Morgan fingerprint density at radius 2 is 1.59 bits per heavy atom. The highest BCUT2D eigenvalue weighted by atomic mass is 127. The van der Waals surface area contributed by atoms with E-state index in [1.54, 1.807) is 6.07 Å². The molecule has 0 amide bonds. The average molecular weight is 768 g/mol. The fraction of sp³-hybridized carbons (Fsp3) is 0.500. The SMILES string of the molecule is O=C(OC1CC2CC1CC2OC(=O)C(F)(F)S(=O)(=O)O)c1cc(I)cc(I)c1I. The molecule has 1 aromatic carbocycles. The van der Waals surface area contributed by atoms with E-state index in [0.29, 0.717) is 18.4 Å². The Kier molecular flexibility index (Phi) is 7.03. The highest BCUT2D eigenvalue weighted by Crippen LogP contribution is 2.48. The van der Waals surface area contributed by atoms with Crippen molar-refractivity contribution in [1.29, 1.82) is 0 Å². The lowest BCUT2D eigenvalue weighted by Crippen LogP contribution is -2.42. The third kappa shape index (κ3) is 4.82. The average Bonchev–Trinajstić information content (AvgIpc) is 3.16. The summed E-state index contributed by atoms with van der Waals surface area (Å²) in [6, 6.07) is 3.65. The number of fused-ring (bicyclic) bond motifs is 2. The van der Waals surface area contributed by atoms with Gasteiger partial charge < -0.3 is 9.47 Å². The molecule has 13 heteroatoms. The molecule has 29 heavy (non-hydrogen) atoms. The Balaban J connectivity index is 1.63. The lowest BCUT2D eigenvalue weighted by Gasteiger charge is -2.28. The van der Waals surface area contributed by atoms with E-state index in [9.17, 15) is 26.8 Å². The van der Waals surface area contributed by atoms with Crippen molar-refractivity contribution in [1.82, 2.24) is 0 Å². The van der Waals surface area contributed by atoms with Crippen LogP contribution in [0.1, 0.15) is 29.6 Å². The van der Waals surface area contributed by atoms with Crippen molar-refractivity contribution in [2.75, 3.05) is 0 Å². The van der Waals surface area contributed by atoms with Crippen molar-refractivity contribution >= 4 is 89.8 Å². The Morgan fingerprint density at radius 3 is 2.10 bits per heavy atom. The Morgan fingerprint density at radius 1 is 1.03 bits per heavy atom. The smallest absolute Gasteiger partial charge is 0.458 e. The van der Waals surface area contributed by atoms with Crippen LogP contribution in [-0.4, -0.2) is 42.4 Å². The van der Waals surface area contributed by atoms with E-state index in [-0.39, 0.29) is 18.3 Å². The lowest BCUT2D eigenvalue weighted by molar-refractivity contribution is -0.170. The molecular formula is C16H13F2I3O7S. The van der Waals surface area contributed by atoms with E-state index >= 15 is 0 Å². The molecule has 1 aromatic rings. The summed E-state index contributed by atoms with van der Waals surface area (Å²) in [4.78, 5) is 24.1. The Bertz CT molecular complexity index is 970. The zero-order valence-corrected chi connectivity index (χ0v) is 21.6. The van der Waals surface area contributed by atoms with Gasteiger partial charge in [-0.3, -0.25) is 4.55 Å². The molecule has 160 valence electrons. The van der Waals surface area contributed by atoms with E-state index in [0.717, 1.165) is 10.7 Å². The largest absolute Gasteiger partial charge is 0.465 e. The maximum absolute atomic E-state index is 13.4. The van der Waals surface area contributed by atoms with Crippen molar-refractivity contribution in [3.8, 4) is 0 Å². The molecule has 4 unspecified atom stereocenters. The van der Waals surface area contributed by atoms with Crippen LogP contribution in [-0.2, 0) is 24.4 Å². The normalized spacial score (nSPS) is 26.4. The van der Waals surface area contributed by atoms with Crippen LogP contribution < -0.4 is 0 Å². The van der Waals surface area contributed by atoms with Crippen LogP contribution in [0.15, 0.2) is 12.1 Å². The minimum Gasteiger partial charge on any atom is -0.458 e. The number of esters is 2. The first-order chi connectivity index (χ1) is 13.3.